The van der Waals surface area contributed by atoms with Crippen LogP contribution in [0.1, 0.15) is 12.8 Å². The first-order chi connectivity index (χ1) is 8.37. The summed E-state index contributed by atoms with van der Waals surface area (Å²) < 4.78 is 23.9. The van der Waals surface area contributed by atoms with Gasteiger partial charge in [0.25, 0.3) is 0 Å². The highest BCUT2D eigenvalue weighted by atomic mass is 79.9. The summed E-state index contributed by atoms with van der Waals surface area (Å²) in [4.78, 5) is 0. The van der Waals surface area contributed by atoms with Gasteiger partial charge in [0.2, 0.25) is 0 Å². The Morgan fingerprint density at radius 2 is 1.89 bits per heavy atom. The third-order valence-corrected chi connectivity index (χ3v) is 5.69. The molecular weight excluding hydrogens is 361 g/mol. The summed E-state index contributed by atoms with van der Waals surface area (Å²) in [7, 11) is -2.94. The second-order valence-corrected chi connectivity index (χ2v) is 8.30. The molecule has 1 aromatic carbocycles. The second-order valence-electron chi connectivity index (χ2n) is 4.34. The molecule has 1 atom stereocenters. The lowest BCUT2D eigenvalue weighted by molar-refractivity contribution is 0.562. The molecule has 7 heteroatoms. The molecule has 0 aliphatic carbocycles. The third kappa shape index (κ3) is 3.53. The molecule has 1 fully saturated rings. The number of sulfone groups is 1. The van der Waals surface area contributed by atoms with Crippen LogP contribution in [0.25, 0.3) is 0 Å². The average Bonchev–Trinajstić information content (AvgIpc) is 2.22. The monoisotopic (exact) mass is 371 g/mol. The highest BCUT2D eigenvalue weighted by Crippen LogP contribution is 2.35. The zero-order chi connectivity index (χ0) is 13.3. The maximum Gasteiger partial charge on any atom is 0.152 e. The van der Waals surface area contributed by atoms with Crippen LogP contribution in [0.15, 0.2) is 16.6 Å². The van der Waals surface area contributed by atoms with Crippen LogP contribution in [-0.4, -0.2) is 26.0 Å². The Balaban J connectivity index is 2.19. The zero-order valence-electron chi connectivity index (χ0n) is 9.42. The van der Waals surface area contributed by atoms with Gasteiger partial charge in [0.15, 0.2) is 9.84 Å². The van der Waals surface area contributed by atoms with Crippen molar-refractivity contribution in [2.45, 2.75) is 18.9 Å². The number of nitrogens with one attached hydrogen (secondary N) is 1. The van der Waals surface area contributed by atoms with Gasteiger partial charge < -0.3 is 5.32 Å². The molecule has 1 N–H and O–H groups in total. The van der Waals surface area contributed by atoms with Gasteiger partial charge in [-0.25, -0.2) is 8.42 Å². The summed E-state index contributed by atoms with van der Waals surface area (Å²) in [6.07, 6.45) is 1.48. The first kappa shape index (κ1) is 14.4. The van der Waals surface area contributed by atoms with E-state index >= 15 is 0 Å². The van der Waals surface area contributed by atoms with E-state index in [1.165, 1.54) is 0 Å². The highest BCUT2D eigenvalue weighted by Gasteiger charge is 2.25. The quantitative estimate of drug-likeness (QED) is 0.859. The topological polar surface area (TPSA) is 46.2 Å². The van der Waals surface area contributed by atoms with Crippen molar-refractivity contribution < 1.29 is 8.42 Å². The van der Waals surface area contributed by atoms with Crippen LogP contribution >= 0.6 is 39.1 Å². The molecule has 1 aliphatic rings. The Morgan fingerprint density at radius 3 is 2.44 bits per heavy atom. The Hall–Kier alpha value is 0.0300. The number of rotatable bonds is 2. The smallest absolute Gasteiger partial charge is 0.152 e. The molecular formula is C11H12BrCl2NO2S. The molecule has 0 amide bonds. The van der Waals surface area contributed by atoms with Crippen LogP contribution in [0.4, 0.5) is 5.69 Å². The van der Waals surface area contributed by atoms with Gasteiger partial charge in [-0.05, 0) is 25.0 Å². The van der Waals surface area contributed by atoms with Crippen molar-refractivity contribution in [3.63, 3.8) is 0 Å². The predicted octanol–water partition coefficient (Wildman–Crippen LogP) is 3.75. The Bertz CT molecular complexity index is 539. The number of hydrogen-bond acceptors (Lipinski definition) is 3. The van der Waals surface area contributed by atoms with Crippen molar-refractivity contribution in [2.75, 3.05) is 16.8 Å². The molecule has 3 nitrogen and oxygen atoms in total. The van der Waals surface area contributed by atoms with Crippen LogP contribution < -0.4 is 5.32 Å². The Labute approximate surface area is 125 Å². The van der Waals surface area contributed by atoms with E-state index in [0.29, 0.717) is 22.2 Å². The van der Waals surface area contributed by atoms with Crippen molar-refractivity contribution in [3.8, 4) is 0 Å². The zero-order valence-corrected chi connectivity index (χ0v) is 13.3. The molecule has 0 spiro atoms. The van der Waals surface area contributed by atoms with Crippen molar-refractivity contribution in [1.82, 2.24) is 0 Å². The lowest BCUT2D eigenvalue weighted by atomic mass is 10.1. The van der Waals surface area contributed by atoms with Gasteiger partial charge in [0, 0.05) is 10.5 Å². The lowest BCUT2D eigenvalue weighted by Crippen LogP contribution is -2.34. The van der Waals surface area contributed by atoms with Gasteiger partial charge in [-0.3, -0.25) is 0 Å². The molecule has 1 aromatic rings. The highest BCUT2D eigenvalue weighted by molar-refractivity contribution is 9.10. The maximum atomic E-state index is 11.6. The standard InChI is InChI=1S/C11H12BrCl2NO2S/c12-7-4-9(13)11(10(14)5-7)15-8-2-1-3-18(16,17)6-8/h4-5,8,15H,1-3,6H2. The van der Waals surface area contributed by atoms with Crippen LogP contribution in [0.5, 0.6) is 0 Å². The molecule has 1 unspecified atom stereocenters. The normalized spacial score (nSPS) is 22.7. The van der Waals surface area contributed by atoms with Gasteiger partial charge in [0.05, 0.1) is 27.2 Å². The van der Waals surface area contributed by atoms with E-state index in [2.05, 4.69) is 21.2 Å². The first-order valence-corrected chi connectivity index (χ1v) is 8.86. The largest absolute Gasteiger partial charge is 0.379 e. The number of hydrogen-bond donors (Lipinski definition) is 1. The molecule has 1 saturated heterocycles. The van der Waals surface area contributed by atoms with Crippen LogP contribution in [0.2, 0.25) is 10.0 Å². The van der Waals surface area contributed by atoms with E-state index < -0.39 is 9.84 Å². The molecule has 1 aliphatic heterocycles. The summed E-state index contributed by atoms with van der Waals surface area (Å²) in [5, 5.41) is 4.10. The van der Waals surface area contributed by atoms with Gasteiger partial charge in [-0.2, -0.15) is 0 Å². The fourth-order valence-corrected chi connectivity index (χ4v) is 4.97. The lowest BCUT2D eigenvalue weighted by Gasteiger charge is -2.25. The minimum absolute atomic E-state index is 0.125. The maximum absolute atomic E-state index is 11.6. The number of benzene rings is 1. The van der Waals surface area contributed by atoms with Crippen molar-refractivity contribution in [3.05, 3.63) is 26.7 Å². The minimum atomic E-state index is -2.94. The van der Waals surface area contributed by atoms with Crippen LogP contribution in [0.3, 0.4) is 0 Å². The van der Waals surface area contributed by atoms with Crippen LogP contribution in [-0.2, 0) is 9.84 Å². The summed E-state index contributed by atoms with van der Waals surface area (Å²) in [5.74, 6) is 0.405. The molecule has 0 bridgehead atoms. The summed E-state index contributed by atoms with van der Waals surface area (Å²) in [6.45, 7) is 0. The SMILES string of the molecule is O=S1(=O)CCCC(Nc2c(Cl)cc(Br)cc2Cl)C1. The number of halogens is 3. The second kappa shape index (κ2) is 5.57. The van der Waals surface area contributed by atoms with Gasteiger partial charge in [-0.1, -0.05) is 39.1 Å². The van der Waals surface area contributed by atoms with E-state index in [9.17, 15) is 8.42 Å². The molecule has 2 rings (SSSR count). The summed E-state index contributed by atoms with van der Waals surface area (Å²) >= 11 is 15.5. The fourth-order valence-electron chi connectivity index (χ4n) is 2.02. The van der Waals surface area contributed by atoms with Gasteiger partial charge in [0.1, 0.15) is 0 Å². The number of anilines is 1. The van der Waals surface area contributed by atoms with Crippen LogP contribution in [0, 0.1) is 0 Å². The van der Waals surface area contributed by atoms with Crippen molar-refractivity contribution >= 4 is 54.7 Å². The van der Waals surface area contributed by atoms with E-state index in [0.717, 1.165) is 10.9 Å². The van der Waals surface area contributed by atoms with Gasteiger partial charge in [-0.15, -0.1) is 0 Å². The Kier molecular flexibility index (Phi) is 4.47. The third-order valence-electron chi connectivity index (χ3n) is 2.82. The van der Waals surface area contributed by atoms with E-state index in [1.54, 1.807) is 12.1 Å². The van der Waals surface area contributed by atoms with E-state index in [-0.39, 0.29) is 17.5 Å². The Morgan fingerprint density at radius 1 is 1.28 bits per heavy atom. The van der Waals surface area contributed by atoms with E-state index in [4.69, 9.17) is 23.2 Å². The first-order valence-electron chi connectivity index (χ1n) is 5.49. The minimum Gasteiger partial charge on any atom is -0.379 e. The van der Waals surface area contributed by atoms with E-state index in [1.807, 2.05) is 0 Å². The molecule has 0 radical (unpaired) electrons. The molecule has 18 heavy (non-hydrogen) atoms. The molecule has 100 valence electrons. The van der Waals surface area contributed by atoms with Crippen molar-refractivity contribution in [2.24, 2.45) is 0 Å². The average molecular weight is 373 g/mol. The molecule has 1 heterocycles. The predicted molar refractivity (Wildman–Crippen MR) is 79.5 cm³/mol. The summed E-state index contributed by atoms with van der Waals surface area (Å²) in [5.41, 5.74) is 0.601. The van der Waals surface area contributed by atoms with Crippen molar-refractivity contribution in [1.29, 1.82) is 0 Å². The van der Waals surface area contributed by atoms with Gasteiger partial charge >= 0.3 is 0 Å². The molecule has 0 aromatic heterocycles. The summed E-state index contributed by atoms with van der Waals surface area (Å²) in [6, 6.07) is 3.33. The fraction of sp³-hybridized carbons (Fsp3) is 0.455. The molecule has 0 saturated carbocycles.